The zero-order valence-electron chi connectivity index (χ0n) is 38.3. The van der Waals surface area contributed by atoms with Crippen LogP contribution in [0, 0.1) is 0 Å². The molecule has 2 heterocycles. The van der Waals surface area contributed by atoms with Gasteiger partial charge in [0.05, 0.1) is 43.5 Å². The Balaban J connectivity index is 0.966. The Morgan fingerprint density at radius 2 is 0.740 bits per heavy atom. The number of fused-ring (bicyclic) bond motifs is 6. The van der Waals surface area contributed by atoms with Gasteiger partial charge in [0.2, 0.25) is 0 Å². The molecule has 0 aromatic heterocycles. The summed E-state index contributed by atoms with van der Waals surface area (Å²) in [5, 5.41) is 0.338. The van der Waals surface area contributed by atoms with Gasteiger partial charge < -0.3 is 32.7 Å². The monoisotopic (exact) mass is 1010 g/mol. The van der Waals surface area contributed by atoms with E-state index < -0.39 is 50.6 Å². The molecule has 15 nitrogen and oxygen atoms in total. The molecule has 8 aromatic carbocycles. The van der Waals surface area contributed by atoms with Gasteiger partial charge in [-0.1, -0.05) is 84.9 Å². The first-order valence-corrected chi connectivity index (χ1v) is 25.5. The zero-order chi connectivity index (χ0) is 51.0. The molecule has 0 amide bonds. The van der Waals surface area contributed by atoms with E-state index in [-0.39, 0.29) is 66.9 Å². The number of rotatable bonds is 10. The van der Waals surface area contributed by atoms with E-state index in [9.17, 15) is 28.8 Å². The molecule has 0 spiro atoms. The standard InChI is InChI=1S/C56H36O15P2/c1-33(57)65-39-25-27-47(51(31-39)72(63)49-23-9-5-19-43(49)41-17-3-7-21-45(41)70-72)68-56(62)38-16-12-14-36(30-38)54(60)67-40-26-28-48(69-55(61)37-15-11-13-35(29-37)53(59)66-34(2)58)52(32-40)73(64)50-24-10-6-20-44(50)42-18-4-8-22-46(42)71-73/h3-32H,1-2H3. The number of esters is 6. The van der Waals surface area contributed by atoms with E-state index in [0.29, 0.717) is 33.3 Å². The Labute approximate surface area is 415 Å². The van der Waals surface area contributed by atoms with Gasteiger partial charge in [-0.05, 0) is 108 Å². The number of carbonyl (C=O) groups is 6. The normalized spacial score (nSPS) is 15.8. The maximum absolute atomic E-state index is 15.6. The summed E-state index contributed by atoms with van der Waals surface area (Å²) >= 11 is 0. The van der Waals surface area contributed by atoms with Gasteiger partial charge in [0, 0.05) is 25.0 Å². The topological polar surface area (TPSA) is 201 Å². The molecular weight excluding hydrogens is 975 g/mol. The molecule has 0 saturated carbocycles. The van der Waals surface area contributed by atoms with Crippen LogP contribution in [0.1, 0.15) is 55.3 Å². The third kappa shape index (κ3) is 9.22. The molecule has 0 aliphatic carbocycles. The highest BCUT2D eigenvalue weighted by atomic mass is 31.2. The molecule has 0 saturated heterocycles. The highest BCUT2D eigenvalue weighted by Crippen LogP contribution is 2.57. The predicted molar refractivity (Wildman–Crippen MR) is 267 cm³/mol. The van der Waals surface area contributed by atoms with E-state index in [4.69, 9.17) is 28.0 Å². The molecule has 360 valence electrons. The first kappa shape index (κ1) is 47.5. The van der Waals surface area contributed by atoms with Crippen LogP contribution < -0.4 is 49.2 Å². The Morgan fingerprint density at radius 3 is 1.18 bits per heavy atom. The summed E-state index contributed by atoms with van der Waals surface area (Å²) in [5.41, 5.74) is 2.10. The largest absolute Gasteiger partial charge is 0.436 e. The molecule has 2 atom stereocenters. The lowest BCUT2D eigenvalue weighted by Crippen LogP contribution is -2.27. The fourth-order valence-electron chi connectivity index (χ4n) is 8.33. The van der Waals surface area contributed by atoms with Crippen molar-refractivity contribution in [2.45, 2.75) is 13.8 Å². The van der Waals surface area contributed by atoms with Gasteiger partial charge >= 0.3 is 50.6 Å². The van der Waals surface area contributed by atoms with Crippen molar-refractivity contribution in [3.05, 3.63) is 204 Å². The Morgan fingerprint density at radius 1 is 0.356 bits per heavy atom. The van der Waals surface area contributed by atoms with Gasteiger partial charge in [0.1, 0.15) is 34.5 Å². The summed E-state index contributed by atoms with van der Waals surface area (Å²) in [5.74, 6) is -5.36. The molecule has 10 rings (SSSR count). The minimum absolute atomic E-state index is 0.0196. The average molecular weight is 1010 g/mol. The summed E-state index contributed by atoms with van der Waals surface area (Å²) < 4.78 is 71.1. The lowest BCUT2D eigenvalue weighted by atomic mass is 10.0. The SMILES string of the molecule is CC(=O)OC(=O)c1cccc(C(=O)Oc2ccc(OC(=O)c3cccc(C(=O)Oc4ccc(OC(C)=O)cc4P4(=O)Oc5ccccc5-c5ccccc54)c3)cc2P2(=O)Oc3ccccc3-c3ccccc32)c1. The lowest BCUT2D eigenvalue weighted by molar-refractivity contribution is -0.135. The smallest absolute Gasteiger partial charge is 0.345 e. The Bertz CT molecular complexity index is 3750. The van der Waals surface area contributed by atoms with Crippen molar-refractivity contribution in [1.29, 1.82) is 0 Å². The summed E-state index contributed by atoms with van der Waals surface area (Å²) in [6.07, 6.45) is 0. The average Bonchev–Trinajstić information content (AvgIpc) is 3.39. The number of carbonyl (C=O) groups excluding carboxylic acids is 6. The minimum Gasteiger partial charge on any atom is -0.436 e. The highest BCUT2D eigenvalue weighted by molar-refractivity contribution is 7.75. The van der Waals surface area contributed by atoms with Crippen molar-refractivity contribution in [3.63, 3.8) is 0 Å². The van der Waals surface area contributed by atoms with Crippen LogP contribution in [0.5, 0.6) is 34.5 Å². The molecule has 0 fully saturated rings. The highest BCUT2D eigenvalue weighted by Gasteiger charge is 2.42. The molecule has 2 aliphatic rings. The quantitative estimate of drug-likeness (QED) is 0.0542. The second-order valence-electron chi connectivity index (χ2n) is 16.4. The van der Waals surface area contributed by atoms with Crippen molar-refractivity contribution < 1.29 is 70.6 Å². The first-order valence-electron chi connectivity index (χ1n) is 22.2. The van der Waals surface area contributed by atoms with Crippen LogP contribution in [0.4, 0.5) is 0 Å². The van der Waals surface area contributed by atoms with Crippen LogP contribution in [-0.4, -0.2) is 35.8 Å². The molecule has 73 heavy (non-hydrogen) atoms. The Hall–Kier alpha value is -9.16. The van der Waals surface area contributed by atoms with Gasteiger partial charge in [-0.2, -0.15) is 0 Å². The molecule has 8 aromatic rings. The number of para-hydroxylation sites is 2. The third-order valence-corrected chi connectivity index (χ3v) is 16.5. The second kappa shape index (κ2) is 19.2. The van der Waals surface area contributed by atoms with E-state index in [1.807, 2.05) is 12.1 Å². The fraction of sp³-hybridized carbons (Fsp3) is 0.0357. The molecule has 0 bridgehead atoms. The van der Waals surface area contributed by atoms with Crippen LogP contribution in [0.25, 0.3) is 22.3 Å². The second-order valence-corrected chi connectivity index (χ2v) is 20.9. The van der Waals surface area contributed by atoms with Crippen molar-refractivity contribution in [3.8, 4) is 56.8 Å². The van der Waals surface area contributed by atoms with Crippen molar-refractivity contribution in [2.75, 3.05) is 0 Å². The summed E-state index contributed by atoms with van der Waals surface area (Å²) in [6.45, 7) is 2.27. The van der Waals surface area contributed by atoms with E-state index in [0.717, 1.165) is 6.92 Å². The van der Waals surface area contributed by atoms with Gasteiger partial charge in [-0.3, -0.25) is 18.7 Å². The van der Waals surface area contributed by atoms with Gasteiger partial charge in [0.15, 0.2) is 0 Å². The molecule has 2 unspecified atom stereocenters. The van der Waals surface area contributed by atoms with Gasteiger partial charge in [0.25, 0.3) is 0 Å². The predicted octanol–water partition coefficient (Wildman–Crippen LogP) is 9.55. The number of ether oxygens (including phenoxy) is 5. The van der Waals surface area contributed by atoms with Crippen LogP contribution in [0.15, 0.2) is 182 Å². The number of benzene rings is 8. The van der Waals surface area contributed by atoms with Crippen molar-refractivity contribution >= 4 is 71.8 Å². The maximum atomic E-state index is 15.6. The Kier molecular flexibility index (Phi) is 12.5. The summed E-state index contributed by atoms with van der Waals surface area (Å²) in [7, 11) is -8.40. The molecule has 0 radical (unpaired) electrons. The number of hydrogen-bond acceptors (Lipinski definition) is 15. The zero-order valence-corrected chi connectivity index (χ0v) is 40.1. The van der Waals surface area contributed by atoms with Gasteiger partial charge in [-0.15, -0.1) is 0 Å². The third-order valence-electron chi connectivity index (χ3n) is 11.5. The first-order chi connectivity index (χ1) is 35.2. The summed E-state index contributed by atoms with van der Waals surface area (Å²) in [4.78, 5) is 77.8. The molecule has 2 aliphatic heterocycles. The van der Waals surface area contributed by atoms with Crippen LogP contribution >= 0.6 is 14.7 Å². The van der Waals surface area contributed by atoms with E-state index >= 15 is 9.13 Å². The lowest BCUT2D eigenvalue weighted by Gasteiger charge is -2.29. The van der Waals surface area contributed by atoms with E-state index in [1.54, 1.807) is 84.9 Å². The molecule has 17 heteroatoms. The minimum atomic E-state index is -4.27. The van der Waals surface area contributed by atoms with Crippen molar-refractivity contribution in [1.82, 2.24) is 0 Å². The van der Waals surface area contributed by atoms with Crippen LogP contribution in [-0.2, 0) is 23.5 Å². The number of hydrogen-bond donors (Lipinski definition) is 0. The van der Waals surface area contributed by atoms with Crippen LogP contribution in [0.2, 0.25) is 0 Å². The summed E-state index contributed by atoms with van der Waals surface area (Å²) in [6, 6.07) is 46.3. The van der Waals surface area contributed by atoms with Crippen molar-refractivity contribution in [2.24, 2.45) is 0 Å². The molecular formula is C56H36O15P2. The van der Waals surface area contributed by atoms with E-state index in [2.05, 4.69) is 4.74 Å². The van der Waals surface area contributed by atoms with Crippen LogP contribution in [0.3, 0.4) is 0 Å². The van der Waals surface area contributed by atoms with Gasteiger partial charge in [-0.25, -0.2) is 19.2 Å². The fourth-order valence-corrected chi connectivity index (χ4v) is 13.1. The van der Waals surface area contributed by atoms with E-state index in [1.165, 1.54) is 91.9 Å². The maximum Gasteiger partial charge on any atom is 0.345 e. The molecule has 0 N–H and O–H groups in total.